The number of fused-ring (bicyclic) bond motifs is 1. The molecule has 0 aliphatic carbocycles. The van der Waals surface area contributed by atoms with E-state index in [1.54, 1.807) is 11.3 Å². The number of hydrogen-bond donors (Lipinski definition) is 0. The molecule has 4 rings (SSSR count). The molecule has 1 aromatic carbocycles. The summed E-state index contributed by atoms with van der Waals surface area (Å²) in [6, 6.07) is 14.6. The fourth-order valence-electron chi connectivity index (χ4n) is 3.09. The lowest BCUT2D eigenvalue weighted by Crippen LogP contribution is -2.22. The number of rotatable bonds is 5. The average molecular weight is 360 g/mol. The first kappa shape index (κ1) is 16.7. The van der Waals surface area contributed by atoms with Crippen molar-refractivity contribution in [1.29, 1.82) is 0 Å². The van der Waals surface area contributed by atoms with Crippen molar-refractivity contribution in [3.05, 3.63) is 71.6 Å². The minimum absolute atomic E-state index is 0.810. The molecule has 4 aromatic rings. The normalized spacial score (nSPS) is 11.0. The predicted octanol–water partition coefficient (Wildman–Crippen LogP) is 4.74. The predicted molar refractivity (Wildman–Crippen MR) is 109 cm³/mol. The standard InChI is InChI=1S/C21H20N4S/c1-15-23-20(25(2)13-10-16-8-11-22-12-9-16)19-18(14-26-21(19)24-15)17-6-4-3-5-7-17/h3-9,11-12,14H,10,13H2,1-2H3. The van der Waals surface area contributed by atoms with Gasteiger partial charge in [-0.3, -0.25) is 4.98 Å². The first-order valence-corrected chi connectivity index (χ1v) is 9.51. The number of aryl methyl sites for hydroxylation is 1. The minimum Gasteiger partial charge on any atom is -0.359 e. The molecule has 0 fully saturated rings. The van der Waals surface area contributed by atoms with Gasteiger partial charge >= 0.3 is 0 Å². The van der Waals surface area contributed by atoms with Crippen LogP contribution < -0.4 is 4.90 Å². The molecular formula is C21H20N4S. The molecule has 5 heteroatoms. The number of pyridine rings is 1. The zero-order chi connectivity index (χ0) is 17.9. The highest BCUT2D eigenvalue weighted by Gasteiger charge is 2.17. The Morgan fingerprint density at radius 2 is 1.77 bits per heavy atom. The van der Waals surface area contributed by atoms with Crippen LogP contribution in [0.3, 0.4) is 0 Å². The van der Waals surface area contributed by atoms with Crippen LogP contribution in [0.1, 0.15) is 11.4 Å². The molecule has 3 heterocycles. The van der Waals surface area contributed by atoms with Gasteiger partial charge in [-0.25, -0.2) is 9.97 Å². The van der Waals surface area contributed by atoms with Crippen molar-refractivity contribution in [2.24, 2.45) is 0 Å². The molecule has 0 saturated heterocycles. The van der Waals surface area contributed by atoms with E-state index in [1.165, 1.54) is 16.7 Å². The fourth-order valence-corrected chi connectivity index (χ4v) is 4.07. The second-order valence-corrected chi connectivity index (χ2v) is 7.18. The Labute approximate surface area is 157 Å². The largest absolute Gasteiger partial charge is 0.359 e. The Morgan fingerprint density at radius 3 is 2.54 bits per heavy atom. The van der Waals surface area contributed by atoms with Crippen molar-refractivity contribution in [2.75, 3.05) is 18.5 Å². The zero-order valence-electron chi connectivity index (χ0n) is 14.9. The Kier molecular flexibility index (Phi) is 4.63. The third kappa shape index (κ3) is 3.30. The Morgan fingerprint density at radius 1 is 1.00 bits per heavy atom. The molecule has 0 saturated carbocycles. The summed E-state index contributed by atoms with van der Waals surface area (Å²) in [5.41, 5.74) is 3.69. The van der Waals surface area contributed by atoms with Crippen LogP contribution in [0, 0.1) is 6.92 Å². The van der Waals surface area contributed by atoms with Gasteiger partial charge in [-0.15, -0.1) is 11.3 Å². The number of anilines is 1. The summed E-state index contributed by atoms with van der Waals surface area (Å²) >= 11 is 1.68. The maximum absolute atomic E-state index is 4.78. The highest BCUT2D eigenvalue weighted by atomic mass is 32.1. The molecule has 0 aliphatic heterocycles. The van der Waals surface area contributed by atoms with Crippen LogP contribution in [0.25, 0.3) is 21.3 Å². The van der Waals surface area contributed by atoms with Crippen LogP contribution in [0.5, 0.6) is 0 Å². The molecule has 0 unspecified atom stereocenters. The maximum Gasteiger partial charge on any atom is 0.141 e. The zero-order valence-corrected chi connectivity index (χ0v) is 15.7. The van der Waals surface area contributed by atoms with Gasteiger partial charge < -0.3 is 4.90 Å². The van der Waals surface area contributed by atoms with E-state index in [2.05, 4.69) is 63.7 Å². The third-order valence-corrected chi connectivity index (χ3v) is 5.33. The summed E-state index contributed by atoms with van der Waals surface area (Å²) in [6.45, 7) is 2.85. The number of nitrogens with zero attached hydrogens (tertiary/aromatic N) is 4. The summed E-state index contributed by atoms with van der Waals surface area (Å²) in [7, 11) is 2.11. The lowest BCUT2D eigenvalue weighted by Gasteiger charge is -2.20. The summed E-state index contributed by atoms with van der Waals surface area (Å²) in [6.07, 6.45) is 4.64. The fraction of sp³-hybridized carbons (Fsp3) is 0.190. The van der Waals surface area contributed by atoms with E-state index in [-0.39, 0.29) is 0 Å². The lowest BCUT2D eigenvalue weighted by molar-refractivity contribution is 0.855. The van der Waals surface area contributed by atoms with Gasteiger partial charge in [0, 0.05) is 36.9 Å². The molecular weight excluding hydrogens is 340 g/mol. The second kappa shape index (κ2) is 7.22. The van der Waals surface area contributed by atoms with Gasteiger partial charge in [0.1, 0.15) is 16.5 Å². The maximum atomic E-state index is 4.78. The summed E-state index contributed by atoms with van der Waals surface area (Å²) in [5.74, 6) is 1.81. The van der Waals surface area contributed by atoms with Gasteiger partial charge in [-0.2, -0.15) is 0 Å². The smallest absolute Gasteiger partial charge is 0.141 e. The highest BCUT2D eigenvalue weighted by molar-refractivity contribution is 7.17. The SMILES string of the molecule is Cc1nc(N(C)CCc2ccncc2)c2c(-c3ccccc3)csc2n1. The molecule has 0 atom stereocenters. The number of likely N-dealkylation sites (N-methyl/N-ethyl adjacent to an activating group) is 1. The van der Waals surface area contributed by atoms with Crippen LogP contribution in [-0.4, -0.2) is 28.5 Å². The Bertz CT molecular complexity index is 1010. The minimum atomic E-state index is 0.810. The number of thiophene rings is 1. The van der Waals surface area contributed by atoms with Gasteiger partial charge in [0.15, 0.2) is 0 Å². The highest BCUT2D eigenvalue weighted by Crippen LogP contribution is 2.37. The number of benzene rings is 1. The van der Waals surface area contributed by atoms with Crippen molar-refractivity contribution in [2.45, 2.75) is 13.3 Å². The van der Waals surface area contributed by atoms with Crippen LogP contribution in [0.15, 0.2) is 60.2 Å². The van der Waals surface area contributed by atoms with Crippen molar-refractivity contribution in [3.8, 4) is 11.1 Å². The van der Waals surface area contributed by atoms with Crippen molar-refractivity contribution in [1.82, 2.24) is 15.0 Å². The molecule has 0 bridgehead atoms. The summed E-state index contributed by atoms with van der Waals surface area (Å²) in [4.78, 5) is 16.8. The van der Waals surface area contributed by atoms with Crippen LogP contribution in [-0.2, 0) is 6.42 Å². The number of hydrogen-bond acceptors (Lipinski definition) is 5. The first-order chi connectivity index (χ1) is 12.7. The van der Waals surface area contributed by atoms with Gasteiger partial charge in [-0.05, 0) is 36.6 Å². The topological polar surface area (TPSA) is 41.9 Å². The average Bonchev–Trinajstić information content (AvgIpc) is 3.10. The van der Waals surface area contributed by atoms with E-state index in [9.17, 15) is 0 Å². The third-order valence-electron chi connectivity index (χ3n) is 4.46. The van der Waals surface area contributed by atoms with E-state index in [4.69, 9.17) is 4.98 Å². The quantitative estimate of drug-likeness (QED) is 0.515. The van der Waals surface area contributed by atoms with Gasteiger partial charge in [0.2, 0.25) is 0 Å². The monoisotopic (exact) mass is 360 g/mol. The van der Waals surface area contributed by atoms with Crippen molar-refractivity contribution < 1.29 is 0 Å². The Balaban J connectivity index is 1.72. The lowest BCUT2D eigenvalue weighted by atomic mass is 10.1. The van der Waals surface area contributed by atoms with E-state index < -0.39 is 0 Å². The van der Waals surface area contributed by atoms with Crippen LogP contribution in [0.4, 0.5) is 5.82 Å². The van der Waals surface area contributed by atoms with Gasteiger partial charge in [0.25, 0.3) is 0 Å². The van der Waals surface area contributed by atoms with E-state index >= 15 is 0 Å². The Hall–Kier alpha value is -2.79. The van der Waals surface area contributed by atoms with Crippen molar-refractivity contribution >= 4 is 27.4 Å². The molecule has 0 amide bonds. The number of aromatic nitrogens is 3. The van der Waals surface area contributed by atoms with Gasteiger partial charge in [0.05, 0.1) is 5.39 Å². The molecule has 0 aliphatic rings. The van der Waals surface area contributed by atoms with E-state index in [0.717, 1.165) is 34.8 Å². The van der Waals surface area contributed by atoms with E-state index in [0.29, 0.717) is 0 Å². The molecule has 26 heavy (non-hydrogen) atoms. The molecule has 0 N–H and O–H groups in total. The van der Waals surface area contributed by atoms with Crippen LogP contribution in [0.2, 0.25) is 0 Å². The first-order valence-electron chi connectivity index (χ1n) is 8.63. The molecule has 0 spiro atoms. The summed E-state index contributed by atoms with van der Waals surface area (Å²) < 4.78 is 0. The van der Waals surface area contributed by atoms with E-state index in [1.807, 2.05) is 25.4 Å². The molecule has 4 nitrogen and oxygen atoms in total. The second-order valence-electron chi connectivity index (χ2n) is 6.32. The van der Waals surface area contributed by atoms with Crippen molar-refractivity contribution in [3.63, 3.8) is 0 Å². The molecule has 130 valence electrons. The van der Waals surface area contributed by atoms with Gasteiger partial charge in [-0.1, -0.05) is 30.3 Å². The summed E-state index contributed by atoms with van der Waals surface area (Å²) in [5, 5.41) is 3.33. The molecule has 3 aromatic heterocycles. The van der Waals surface area contributed by atoms with Crippen LogP contribution >= 0.6 is 11.3 Å². The molecule has 0 radical (unpaired) electrons.